The number of likely N-dealkylation sites (tertiary alicyclic amines) is 1. The normalized spacial score (nSPS) is 18.2. The highest BCUT2D eigenvalue weighted by Crippen LogP contribution is 2.29. The molecule has 0 spiro atoms. The number of piperazine rings is 1. The van der Waals surface area contributed by atoms with E-state index in [9.17, 15) is 22.8 Å². The van der Waals surface area contributed by atoms with E-state index in [1.807, 2.05) is 36.1 Å². The molecule has 41 heavy (non-hydrogen) atoms. The molecule has 1 aromatic carbocycles. The van der Waals surface area contributed by atoms with Crippen molar-refractivity contribution in [3.8, 4) is 5.69 Å². The summed E-state index contributed by atoms with van der Waals surface area (Å²) >= 11 is 0. The maximum atomic E-state index is 13.3. The van der Waals surface area contributed by atoms with E-state index in [2.05, 4.69) is 20.2 Å². The first-order chi connectivity index (χ1) is 19.7. The molecule has 5 heterocycles. The predicted octanol–water partition coefficient (Wildman–Crippen LogP) is 1.78. The molecule has 3 aliphatic rings. The van der Waals surface area contributed by atoms with Gasteiger partial charge in [-0.05, 0) is 37.1 Å². The van der Waals surface area contributed by atoms with Crippen molar-refractivity contribution >= 4 is 11.9 Å². The number of rotatable bonds is 5. The fourth-order valence-corrected chi connectivity index (χ4v) is 5.73. The smallest absolute Gasteiger partial charge is 0.339 e. The first-order valence-corrected chi connectivity index (χ1v) is 13.7. The Balaban J connectivity index is 1.08. The second kappa shape index (κ2) is 10.9. The van der Waals surface area contributed by atoms with E-state index in [-0.39, 0.29) is 23.3 Å². The number of para-hydroxylation sites is 1. The second-order valence-electron chi connectivity index (χ2n) is 10.8. The number of nitrogens with one attached hydrogen (secondary N) is 1. The number of carbonyl (C=O) groups is 1. The van der Waals surface area contributed by atoms with Gasteiger partial charge in [-0.2, -0.15) is 23.0 Å². The van der Waals surface area contributed by atoms with Gasteiger partial charge < -0.3 is 15.1 Å². The van der Waals surface area contributed by atoms with Crippen LogP contribution in [0.15, 0.2) is 41.5 Å². The zero-order chi connectivity index (χ0) is 28.7. The van der Waals surface area contributed by atoms with Gasteiger partial charge in [0.1, 0.15) is 0 Å². The number of hydrogen-bond donors (Lipinski definition) is 1. The van der Waals surface area contributed by atoms with Gasteiger partial charge in [-0.25, -0.2) is 9.97 Å². The molecule has 0 aliphatic carbocycles. The SMILES string of the molecule is Cc1ccccc1-n1nc(CN2CC(C(=O)N3CCN(c4ncc(C(F)(F)F)cn4)CC3)C2)c2c(c1=O)CCNC2. The monoisotopic (exact) mass is 568 g/mol. The topological polar surface area (TPSA) is 99.5 Å². The number of hydrogen-bond acceptors (Lipinski definition) is 8. The first kappa shape index (κ1) is 27.3. The number of nitrogens with zero attached hydrogens (tertiary/aromatic N) is 7. The van der Waals surface area contributed by atoms with Crippen LogP contribution in [0.25, 0.3) is 5.69 Å². The summed E-state index contributed by atoms with van der Waals surface area (Å²) in [5.74, 6) is 0.188. The Labute approximate surface area is 234 Å². The number of benzene rings is 1. The largest absolute Gasteiger partial charge is 0.419 e. The highest BCUT2D eigenvalue weighted by molar-refractivity contribution is 5.80. The van der Waals surface area contributed by atoms with Gasteiger partial charge in [0.15, 0.2) is 0 Å². The minimum atomic E-state index is -4.48. The average Bonchev–Trinajstić information content (AvgIpc) is 2.96. The van der Waals surface area contributed by atoms with Gasteiger partial charge in [0.25, 0.3) is 5.56 Å². The molecule has 0 saturated carbocycles. The summed E-state index contributed by atoms with van der Waals surface area (Å²) in [6, 6.07) is 7.71. The molecule has 0 unspecified atom stereocenters. The van der Waals surface area contributed by atoms with Gasteiger partial charge in [0, 0.05) is 70.3 Å². The molecule has 3 aromatic rings. The lowest BCUT2D eigenvalue weighted by Gasteiger charge is -2.43. The molecule has 216 valence electrons. The third-order valence-electron chi connectivity index (χ3n) is 8.10. The van der Waals surface area contributed by atoms with Crippen molar-refractivity contribution in [2.45, 2.75) is 32.6 Å². The van der Waals surface area contributed by atoms with Crippen molar-refractivity contribution in [1.29, 1.82) is 0 Å². The number of alkyl halides is 3. The van der Waals surface area contributed by atoms with Gasteiger partial charge in [-0.3, -0.25) is 14.5 Å². The molecule has 3 aliphatic heterocycles. The molecule has 1 amide bonds. The van der Waals surface area contributed by atoms with Crippen LogP contribution in [-0.4, -0.2) is 81.3 Å². The summed E-state index contributed by atoms with van der Waals surface area (Å²) < 4.78 is 39.9. The van der Waals surface area contributed by atoms with Crippen molar-refractivity contribution < 1.29 is 18.0 Å². The van der Waals surface area contributed by atoms with Crippen LogP contribution in [0.2, 0.25) is 0 Å². The number of aromatic nitrogens is 4. The number of carbonyl (C=O) groups excluding carboxylic acids is 1. The first-order valence-electron chi connectivity index (χ1n) is 13.7. The Morgan fingerprint density at radius 1 is 1.05 bits per heavy atom. The van der Waals surface area contributed by atoms with Gasteiger partial charge >= 0.3 is 6.18 Å². The summed E-state index contributed by atoms with van der Waals surface area (Å²) in [6.45, 7) is 6.91. The molecular weight excluding hydrogens is 537 g/mol. The lowest BCUT2D eigenvalue weighted by Crippen LogP contribution is -2.57. The van der Waals surface area contributed by atoms with Crippen LogP contribution in [0, 0.1) is 12.8 Å². The maximum absolute atomic E-state index is 13.3. The Bertz CT molecular complexity index is 1490. The maximum Gasteiger partial charge on any atom is 0.419 e. The minimum Gasteiger partial charge on any atom is -0.339 e. The molecule has 2 fully saturated rings. The van der Waals surface area contributed by atoms with Crippen LogP contribution in [0.3, 0.4) is 0 Å². The van der Waals surface area contributed by atoms with Crippen LogP contribution in [0.5, 0.6) is 0 Å². The molecule has 0 atom stereocenters. The number of anilines is 1. The van der Waals surface area contributed by atoms with E-state index in [1.165, 1.54) is 4.68 Å². The van der Waals surface area contributed by atoms with Crippen LogP contribution in [0.1, 0.15) is 27.9 Å². The zero-order valence-corrected chi connectivity index (χ0v) is 22.7. The summed E-state index contributed by atoms with van der Waals surface area (Å²) in [7, 11) is 0. The summed E-state index contributed by atoms with van der Waals surface area (Å²) in [6.07, 6.45) is -2.25. The summed E-state index contributed by atoms with van der Waals surface area (Å²) in [5, 5.41) is 8.15. The lowest BCUT2D eigenvalue weighted by molar-refractivity contribution is -0.142. The van der Waals surface area contributed by atoms with Gasteiger partial charge in [0.05, 0.1) is 22.9 Å². The van der Waals surface area contributed by atoms with Gasteiger partial charge in [-0.1, -0.05) is 18.2 Å². The van der Waals surface area contributed by atoms with Crippen LogP contribution in [0.4, 0.5) is 19.1 Å². The van der Waals surface area contributed by atoms with E-state index >= 15 is 0 Å². The average molecular weight is 569 g/mol. The van der Waals surface area contributed by atoms with Crippen molar-refractivity contribution in [3.05, 3.63) is 75.0 Å². The highest BCUT2D eigenvalue weighted by Gasteiger charge is 2.37. The number of aryl methyl sites for hydroxylation is 1. The molecule has 6 rings (SSSR count). The Kier molecular flexibility index (Phi) is 7.24. The highest BCUT2D eigenvalue weighted by atomic mass is 19.4. The van der Waals surface area contributed by atoms with E-state index in [0.29, 0.717) is 58.8 Å². The van der Waals surface area contributed by atoms with Crippen molar-refractivity contribution in [3.63, 3.8) is 0 Å². The van der Waals surface area contributed by atoms with Crippen LogP contribution in [-0.2, 0) is 30.5 Å². The number of amides is 1. The van der Waals surface area contributed by atoms with Crippen molar-refractivity contribution in [2.24, 2.45) is 5.92 Å². The van der Waals surface area contributed by atoms with Gasteiger partial charge in [-0.15, -0.1) is 0 Å². The molecule has 13 heteroatoms. The number of fused-ring (bicyclic) bond motifs is 1. The summed E-state index contributed by atoms with van der Waals surface area (Å²) in [5.41, 5.74) is 3.41. The quantitative estimate of drug-likeness (QED) is 0.498. The molecule has 0 bridgehead atoms. The third-order valence-corrected chi connectivity index (χ3v) is 8.10. The van der Waals surface area contributed by atoms with E-state index in [0.717, 1.165) is 47.0 Å². The molecule has 1 N–H and O–H groups in total. The Morgan fingerprint density at radius 2 is 1.76 bits per heavy atom. The van der Waals surface area contributed by atoms with Crippen LogP contribution < -0.4 is 15.8 Å². The molecular formula is C28H31F3N8O2. The van der Waals surface area contributed by atoms with Crippen molar-refractivity contribution in [1.82, 2.24) is 34.9 Å². The second-order valence-corrected chi connectivity index (χ2v) is 10.8. The zero-order valence-electron chi connectivity index (χ0n) is 22.7. The van der Waals surface area contributed by atoms with Gasteiger partial charge in [0.2, 0.25) is 11.9 Å². The Morgan fingerprint density at radius 3 is 2.44 bits per heavy atom. The van der Waals surface area contributed by atoms with E-state index < -0.39 is 11.7 Å². The van der Waals surface area contributed by atoms with E-state index in [4.69, 9.17) is 5.10 Å². The van der Waals surface area contributed by atoms with E-state index in [1.54, 1.807) is 4.90 Å². The third kappa shape index (κ3) is 5.43. The summed E-state index contributed by atoms with van der Waals surface area (Å²) in [4.78, 5) is 40.0. The minimum absolute atomic E-state index is 0.0722. The lowest BCUT2D eigenvalue weighted by atomic mass is 9.96. The molecule has 0 radical (unpaired) electrons. The molecule has 2 aromatic heterocycles. The molecule has 10 nitrogen and oxygen atoms in total. The molecule has 2 saturated heterocycles. The van der Waals surface area contributed by atoms with Crippen LogP contribution >= 0.6 is 0 Å². The Hall–Kier alpha value is -3.84. The number of halogens is 3. The van der Waals surface area contributed by atoms with Crippen molar-refractivity contribution in [2.75, 3.05) is 50.7 Å². The predicted molar refractivity (Wildman–Crippen MR) is 145 cm³/mol. The fourth-order valence-electron chi connectivity index (χ4n) is 5.73. The standard InChI is InChI=1S/C28H31F3N8O2/c1-18-4-2-3-5-24(18)39-26(41)21-6-7-32-14-22(21)23(35-39)17-36-15-19(16-36)25(40)37-8-10-38(11-9-37)27-33-12-20(13-34-27)28(29,30)31/h2-5,12-13,19,32H,6-11,14-17H2,1H3. The fraction of sp³-hybridized carbons (Fsp3) is 0.464.